The molecule has 0 spiro atoms. The molecule has 2 heterocycles. The van der Waals surface area contributed by atoms with Crippen LogP contribution in [0.5, 0.6) is 0 Å². The first-order valence-electron chi connectivity index (χ1n) is 4.83. The van der Waals surface area contributed by atoms with Gasteiger partial charge in [0.05, 0.1) is 11.7 Å². The second-order valence-corrected chi connectivity index (χ2v) is 3.63. The van der Waals surface area contributed by atoms with Gasteiger partial charge in [-0.3, -0.25) is 5.10 Å². The van der Waals surface area contributed by atoms with Gasteiger partial charge in [-0.05, 0) is 32.0 Å². The average Bonchev–Trinajstić information content (AvgIpc) is 2.74. The van der Waals surface area contributed by atoms with Crippen molar-refractivity contribution in [1.82, 2.24) is 15.1 Å². The smallest absolute Gasteiger partial charge is 0.0593 e. The summed E-state index contributed by atoms with van der Waals surface area (Å²) in [6.45, 7) is 3.34. The Morgan fingerprint density at radius 1 is 1.54 bits per heavy atom. The molecule has 1 aromatic rings. The van der Waals surface area contributed by atoms with E-state index in [1.807, 2.05) is 6.07 Å². The van der Waals surface area contributed by atoms with Crippen molar-refractivity contribution in [2.75, 3.05) is 19.6 Å². The molecule has 4 heteroatoms. The number of hydrogen-bond acceptors (Lipinski definition) is 3. The van der Waals surface area contributed by atoms with Crippen molar-refractivity contribution in [3.63, 3.8) is 0 Å². The van der Waals surface area contributed by atoms with Gasteiger partial charge in [0.25, 0.3) is 0 Å². The van der Waals surface area contributed by atoms with Gasteiger partial charge < -0.3 is 10.6 Å². The molecule has 3 N–H and O–H groups in total. The number of nitrogens with one attached hydrogen (secondary N) is 1. The highest BCUT2D eigenvalue weighted by Gasteiger charge is 2.16. The Labute approximate surface area is 78.1 Å². The van der Waals surface area contributed by atoms with E-state index in [0.717, 1.165) is 12.2 Å². The van der Waals surface area contributed by atoms with Gasteiger partial charge in [0.2, 0.25) is 0 Å². The monoisotopic (exact) mass is 180 g/mol. The Morgan fingerprint density at radius 2 is 2.31 bits per heavy atom. The normalized spacial score (nSPS) is 20.7. The first-order chi connectivity index (χ1) is 6.36. The molecule has 0 amide bonds. The van der Waals surface area contributed by atoms with E-state index < -0.39 is 0 Å². The van der Waals surface area contributed by atoms with Crippen molar-refractivity contribution < 1.29 is 0 Å². The highest BCUT2D eigenvalue weighted by molar-refractivity contribution is 5.04. The van der Waals surface area contributed by atoms with E-state index in [1.165, 1.54) is 25.9 Å². The molecule has 13 heavy (non-hydrogen) atoms. The molecule has 1 aliphatic rings. The number of H-pyrrole nitrogens is 1. The lowest BCUT2D eigenvalue weighted by Gasteiger charge is -2.18. The second kappa shape index (κ2) is 3.89. The lowest BCUT2D eigenvalue weighted by atomic mass is 10.2. The number of nitrogens with zero attached hydrogens (tertiary/aromatic N) is 2. The SMILES string of the molecule is NC(CN1CCCC1)c1ccn[nH]1. The highest BCUT2D eigenvalue weighted by atomic mass is 15.2. The van der Waals surface area contributed by atoms with Crippen molar-refractivity contribution in [2.24, 2.45) is 5.73 Å². The van der Waals surface area contributed by atoms with Crippen LogP contribution in [0.1, 0.15) is 24.6 Å². The minimum atomic E-state index is 0.0839. The van der Waals surface area contributed by atoms with Crippen molar-refractivity contribution in [1.29, 1.82) is 0 Å². The molecule has 0 saturated carbocycles. The van der Waals surface area contributed by atoms with Gasteiger partial charge in [0, 0.05) is 12.7 Å². The fourth-order valence-electron chi connectivity index (χ4n) is 1.81. The van der Waals surface area contributed by atoms with Crippen LogP contribution in [0.25, 0.3) is 0 Å². The summed E-state index contributed by atoms with van der Waals surface area (Å²) >= 11 is 0. The topological polar surface area (TPSA) is 57.9 Å². The van der Waals surface area contributed by atoms with Crippen LogP contribution in [0.3, 0.4) is 0 Å². The Hall–Kier alpha value is -0.870. The summed E-state index contributed by atoms with van der Waals surface area (Å²) in [6.07, 6.45) is 4.38. The molecule has 1 fully saturated rings. The minimum absolute atomic E-state index is 0.0839. The molecule has 1 aliphatic heterocycles. The molecular weight excluding hydrogens is 164 g/mol. The van der Waals surface area contributed by atoms with Crippen molar-refractivity contribution in [2.45, 2.75) is 18.9 Å². The Kier molecular flexibility index (Phi) is 2.61. The highest BCUT2D eigenvalue weighted by Crippen LogP contribution is 2.13. The molecule has 1 unspecified atom stereocenters. The molecule has 1 aromatic heterocycles. The van der Waals surface area contributed by atoms with E-state index in [2.05, 4.69) is 15.1 Å². The molecular formula is C9H16N4. The summed E-state index contributed by atoms with van der Waals surface area (Å²) < 4.78 is 0. The molecule has 1 saturated heterocycles. The molecule has 72 valence electrons. The summed E-state index contributed by atoms with van der Waals surface area (Å²) in [7, 11) is 0. The molecule has 0 radical (unpaired) electrons. The summed E-state index contributed by atoms with van der Waals surface area (Å²) in [5.74, 6) is 0. The van der Waals surface area contributed by atoms with Gasteiger partial charge in [0.1, 0.15) is 0 Å². The zero-order chi connectivity index (χ0) is 9.10. The summed E-state index contributed by atoms with van der Waals surface area (Å²) in [4.78, 5) is 2.41. The Bertz CT molecular complexity index is 238. The predicted octanol–water partition coefficient (Wildman–Crippen LogP) is 0.505. The van der Waals surface area contributed by atoms with Crippen LogP contribution >= 0.6 is 0 Å². The molecule has 0 aromatic carbocycles. The summed E-state index contributed by atoms with van der Waals surface area (Å²) in [5, 5.41) is 6.80. The molecule has 2 rings (SSSR count). The number of likely N-dealkylation sites (tertiary alicyclic amines) is 1. The van der Waals surface area contributed by atoms with E-state index in [-0.39, 0.29) is 6.04 Å². The molecule has 0 aliphatic carbocycles. The van der Waals surface area contributed by atoms with Crippen LogP contribution in [0, 0.1) is 0 Å². The van der Waals surface area contributed by atoms with E-state index in [1.54, 1.807) is 6.20 Å². The fourth-order valence-corrected chi connectivity index (χ4v) is 1.81. The first-order valence-corrected chi connectivity index (χ1v) is 4.83. The number of aromatic amines is 1. The van der Waals surface area contributed by atoms with Crippen LogP contribution in [0.15, 0.2) is 12.3 Å². The van der Waals surface area contributed by atoms with Gasteiger partial charge in [-0.1, -0.05) is 0 Å². The van der Waals surface area contributed by atoms with Crippen LogP contribution in [-0.4, -0.2) is 34.7 Å². The third-order valence-electron chi connectivity index (χ3n) is 2.58. The van der Waals surface area contributed by atoms with Crippen molar-refractivity contribution in [3.05, 3.63) is 18.0 Å². The predicted molar refractivity (Wildman–Crippen MR) is 51.2 cm³/mol. The largest absolute Gasteiger partial charge is 0.322 e. The Balaban J connectivity index is 1.87. The van der Waals surface area contributed by atoms with Crippen LogP contribution in [-0.2, 0) is 0 Å². The zero-order valence-corrected chi connectivity index (χ0v) is 7.74. The minimum Gasteiger partial charge on any atom is -0.322 e. The second-order valence-electron chi connectivity index (χ2n) is 3.63. The molecule has 1 atom stereocenters. The average molecular weight is 180 g/mol. The maximum Gasteiger partial charge on any atom is 0.0593 e. The van der Waals surface area contributed by atoms with Crippen LogP contribution < -0.4 is 5.73 Å². The third-order valence-corrected chi connectivity index (χ3v) is 2.58. The van der Waals surface area contributed by atoms with Gasteiger partial charge in [0.15, 0.2) is 0 Å². The zero-order valence-electron chi connectivity index (χ0n) is 7.74. The summed E-state index contributed by atoms with van der Waals surface area (Å²) in [5.41, 5.74) is 7.04. The Morgan fingerprint density at radius 3 is 2.92 bits per heavy atom. The van der Waals surface area contributed by atoms with Gasteiger partial charge in [-0.2, -0.15) is 5.10 Å². The summed E-state index contributed by atoms with van der Waals surface area (Å²) in [6, 6.07) is 2.03. The van der Waals surface area contributed by atoms with Gasteiger partial charge >= 0.3 is 0 Å². The van der Waals surface area contributed by atoms with Crippen molar-refractivity contribution >= 4 is 0 Å². The van der Waals surface area contributed by atoms with Gasteiger partial charge in [-0.15, -0.1) is 0 Å². The lowest BCUT2D eigenvalue weighted by Crippen LogP contribution is -2.30. The number of aromatic nitrogens is 2. The van der Waals surface area contributed by atoms with Crippen molar-refractivity contribution in [3.8, 4) is 0 Å². The maximum atomic E-state index is 6.01. The quantitative estimate of drug-likeness (QED) is 0.712. The third kappa shape index (κ3) is 2.08. The number of rotatable bonds is 3. The standard InChI is InChI=1S/C9H16N4/c10-8(9-3-4-11-12-9)7-13-5-1-2-6-13/h3-4,8H,1-2,5-7,10H2,(H,11,12). The number of hydrogen-bond donors (Lipinski definition) is 2. The van der Waals surface area contributed by atoms with E-state index in [0.29, 0.717) is 0 Å². The number of nitrogens with two attached hydrogens (primary N) is 1. The van der Waals surface area contributed by atoms with Crippen LogP contribution in [0.2, 0.25) is 0 Å². The van der Waals surface area contributed by atoms with E-state index in [4.69, 9.17) is 5.73 Å². The molecule has 0 bridgehead atoms. The fraction of sp³-hybridized carbons (Fsp3) is 0.667. The lowest BCUT2D eigenvalue weighted by molar-refractivity contribution is 0.314. The molecule has 4 nitrogen and oxygen atoms in total. The first kappa shape index (κ1) is 8.72. The van der Waals surface area contributed by atoms with E-state index >= 15 is 0 Å². The van der Waals surface area contributed by atoms with Gasteiger partial charge in [-0.25, -0.2) is 0 Å². The van der Waals surface area contributed by atoms with E-state index in [9.17, 15) is 0 Å². The maximum absolute atomic E-state index is 6.01. The van der Waals surface area contributed by atoms with Crippen LogP contribution in [0.4, 0.5) is 0 Å².